The molecular weight excluding hydrogens is 468 g/mol. The van der Waals surface area contributed by atoms with Gasteiger partial charge in [0.25, 0.3) is 0 Å². The molecule has 1 N–H and O–H groups in total. The number of aliphatic hydroxyl groups is 1. The highest BCUT2D eigenvalue weighted by molar-refractivity contribution is 5.44. The molecule has 1 aromatic heterocycles. The Labute approximate surface area is 220 Å². The van der Waals surface area contributed by atoms with Crippen molar-refractivity contribution in [3.05, 3.63) is 65.9 Å². The number of ether oxygens (including phenoxy) is 3. The van der Waals surface area contributed by atoms with E-state index in [1.54, 1.807) is 7.11 Å². The number of β-amino-alcohol motifs (C(OH)–C–C–N with tert-alkyl or cyclic N) is 1. The average molecular weight is 509 g/mol. The minimum absolute atomic E-state index is 0.281. The van der Waals surface area contributed by atoms with E-state index in [4.69, 9.17) is 19.3 Å². The van der Waals surface area contributed by atoms with E-state index >= 15 is 0 Å². The maximum Gasteiger partial charge on any atom is 0.227 e. The summed E-state index contributed by atoms with van der Waals surface area (Å²) in [6, 6.07) is 17.9. The quantitative estimate of drug-likeness (QED) is 0.392. The SMILES string of the molecule is CCC(C)N(Cc1c(C)nn(-c2ccccc2)c1Oc1cccc(OC)c1)CC(O)CN1CCOCC1. The van der Waals surface area contributed by atoms with Crippen molar-refractivity contribution >= 4 is 0 Å². The van der Waals surface area contributed by atoms with E-state index < -0.39 is 6.10 Å². The molecule has 0 spiro atoms. The van der Waals surface area contributed by atoms with Crippen LogP contribution in [-0.4, -0.2) is 83.3 Å². The van der Waals surface area contributed by atoms with Crippen LogP contribution >= 0.6 is 0 Å². The van der Waals surface area contributed by atoms with Crippen LogP contribution in [0.25, 0.3) is 5.69 Å². The van der Waals surface area contributed by atoms with Crippen LogP contribution in [0.2, 0.25) is 0 Å². The van der Waals surface area contributed by atoms with Gasteiger partial charge in [0.1, 0.15) is 11.5 Å². The fraction of sp³-hybridized carbons (Fsp3) is 0.483. The molecule has 0 amide bonds. The van der Waals surface area contributed by atoms with Gasteiger partial charge >= 0.3 is 0 Å². The molecule has 2 atom stereocenters. The smallest absolute Gasteiger partial charge is 0.227 e. The lowest BCUT2D eigenvalue weighted by Crippen LogP contribution is -2.46. The van der Waals surface area contributed by atoms with Gasteiger partial charge in [0.15, 0.2) is 0 Å². The maximum absolute atomic E-state index is 11.0. The normalized spacial score (nSPS) is 16.1. The third kappa shape index (κ3) is 7.11. The number of benzene rings is 2. The summed E-state index contributed by atoms with van der Waals surface area (Å²) in [7, 11) is 1.65. The van der Waals surface area contributed by atoms with Gasteiger partial charge in [-0.2, -0.15) is 5.10 Å². The molecule has 1 saturated heterocycles. The fourth-order valence-corrected chi connectivity index (χ4v) is 4.62. The molecule has 8 nitrogen and oxygen atoms in total. The molecule has 1 fully saturated rings. The second-order valence-electron chi connectivity index (χ2n) is 9.65. The highest BCUT2D eigenvalue weighted by Crippen LogP contribution is 2.33. The molecule has 0 bridgehead atoms. The summed E-state index contributed by atoms with van der Waals surface area (Å²) in [6.45, 7) is 11.4. The van der Waals surface area contributed by atoms with Gasteiger partial charge in [-0.3, -0.25) is 9.80 Å². The number of rotatable bonds is 12. The van der Waals surface area contributed by atoms with Gasteiger partial charge in [-0.25, -0.2) is 4.68 Å². The van der Waals surface area contributed by atoms with Crippen molar-refractivity contribution in [2.45, 2.75) is 45.9 Å². The molecule has 3 aromatic rings. The Balaban J connectivity index is 1.63. The average Bonchev–Trinajstić information content (AvgIpc) is 3.23. The molecule has 2 unspecified atom stereocenters. The highest BCUT2D eigenvalue weighted by atomic mass is 16.5. The number of nitrogens with zero attached hydrogens (tertiary/aromatic N) is 4. The summed E-state index contributed by atoms with van der Waals surface area (Å²) >= 11 is 0. The van der Waals surface area contributed by atoms with Crippen molar-refractivity contribution in [1.82, 2.24) is 19.6 Å². The van der Waals surface area contributed by atoms with Crippen LogP contribution in [0.1, 0.15) is 31.5 Å². The van der Waals surface area contributed by atoms with Gasteiger partial charge in [0, 0.05) is 44.8 Å². The summed E-state index contributed by atoms with van der Waals surface area (Å²) < 4.78 is 19.2. The molecule has 2 aromatic carbocycles. The summed E-state index contributed by atoms with van der Waals surface area (Å²) in [5, 5.41) is 15.9. The van der Waals surface area contributed by atoms with E-state index in [2.05, 4.69) is 23.6 Å². The lowest BCUT2D eigenvalue weighted by Gasteiger charge is -2.33. The summed E-state index contributed by atoms with van der Waals surface area (Å²) in [5.41, 5.74) is 2.83. The second kappa shape index (κ2) is 13.1. The van der Waals surface area contributed by atoms with E-state index in [1.807, 2.05) is 66.2 Å². The Hall–Kier alpha value is -2.91. The van der Waals surface area contributed by atoms with Crippen molar-refractivity contribution in [2.75, 3.05) is 46.5 Å². The lowest BCUT2D eigenvalue weighted by atomic mass is 10.1. The van der Waals surface area contributed by atoms with Gasteiger partial charge in [0.05, 0.1) is 43.4 Å². The van der Waals surface area contributed by atoms with E-state index in [0.717, 1.165) is 55.4 Å². The van der Waals surface area contributed by atoms with E-state index in [-0.39, 0.29) is 6.04 Å². The zero-order chi connectivity index (χ0) is 26.2. The predicted octanol–water partition coefficient (Wildman–Crippen LogP) is 4.28. The van der Waals surface area contributed by atoms with Crippen LogP contribution in [0.4, 0.5) is 0 Å². The number of aryl methyl sites for hydroxylation is 1. The standard InChI is InChI=1S/C29H40N4O4/c1-5-22(2)32(20-25(34)19-31-14-16-36-17-15-31)21-28-23(3)30-33(24-10-7-6-8-11-24)29(28)37-27-13-9-12-26(18-27)35-4/h6-13,18,22,25,34H,5,14-17,19-21H2,1-4H3. The maximum atomic E-state index is 11.0. The Morgan fingerprint density at radius 2 is 1.81 bits per heavy atom. The van der Waals surface area contributed by atoms with Gasteiger partial charge in [0.2, 0.25) is 5.88 Å². The van der Waals surface area contributed by atoms with E-state index in [9.17, 15) is 5.11 Å². The van der Waals surface area contributed by atoms with Gasteiger partial charge in [-0.1, -0.05) is 31.2 Å². The van der Waals surface area contributed by atoms with Crippen molar-refractivity contribution in [3.63, 3.8) is 0 Å². The highest BCUT2D eigenvalue weighted by Gasteiger charge is 2.25. The van der Waals surface area contributed by atoms with E-state index in [0.29, 0.717) is 31.3 Å². The van der Waals surface area contributed by atoms with Crippen LogP contribution in [0.5, 0.6) is 17.4 Å². The van der Waals surface area contributed by atoms with Crippen molar-refractivity contribution in [1.29, 1.82) is 0 Å². The zero-order valence-electron chi connectivity index (χ0n) is 22.5. The second-order valence-corrected chi connectivity index (χ2v) is 9.65. The monoisotopic (exact) mass is 508 g/mol. The molecule has 4 rings (SSSR count). The number of para-hydroxylation sites is 1. The first-order valence-corrected chi connectivity index (χ1v) is 13.2. The Kier molecular flexibility index (Phi) is 9.57. The van der Waals surface area contributed by atoms with Gasteiger partial charge in [-0.15, -0.1) is 0 Å². The van der Waals surface area contributed by atoms with Crippen molar-refractivity contribution in [2.24, 2.45) is 0 Å². The van der Waals surface area contributed by atoms with Crippen LogP contribution in [0, 0.1) is 6.92 Å². The van der Waals surface area contributed by atoms with Crippen molar-refractivity contribution in [3.8, 4) is 23.1 Å². The zero-order valence-corrected chi connectivity index (χ0v) is 22.5. The third-order valence-electron chi connectivity index (χ3n) is 6.99. The number of hydrogen-bond acceptors (Lipinski definition) is 7. The topological polar surface area (TPSA) is 72.2 Å². The number of aromatic nitrogens is 2. The third-order valence-corrected chi connectivity index (χ3v) is 6.99. The molecule has 8 heteroatoms. The first-order chi connectivity index (χ1) is 18.0. The molecule has 37 heavy (non-hydrogen) atoms. The largest absolute Gasteiger partial charge is 0.497 e. The van der Waals surface area contributed by atoms with Gasteiger partial charge in [-0.05, 0) is 44.5 Å². The Morgan fingerprint density at radius 3 is 2.51 bits per heavy atom. The van der Waals surface area contributed by atoms with E-state index in [1.165, 1.54) is 0 Å². The first kappa shape index (κ1) is 27.1. The fourth-order valence-electron chi connectivity index (χ4n) is 4.62. The summed E-state index contributed by atoms with van der Waals surface area (Å²) in [6.07, 6.45) is 0.515. The van der Waals surface area contributed by atoms with Crippen LogP contribution in [0.3, 0.4) is 0 Å². The Bertz CT molecular complexity index is 1110. The Morgan fingerprint density at radius 1 is 1.08 bits per heavy atom. The molecule has 1 aliphatic heterocycles. The molecule has 200 valence electrons. The summed E-state index contributed by atoms with van der Waals surface area (Å²) in [5.74, 6) is 2.09. The number of methoxy groups -OCH3 is 1. The number of morpholine rings is 1. The van der Waals surface area contributed by atoms with Crippen molar-refractivity contribution < 1.29 is 19.3 Å². The predicted molar refractivity (Wildman–Crippen MR) is 145 cm³/mol. The molecule has 1 aliphatic rings. The molecule has 2 heterocycles. The first-order valence-electron chi connectivity index (χ1n) is 13.2. The van der Waals surface area contributed by atoms with Gasteiger partial charge < -0.3 is 19.3 Å². The van der Waals surface area contributed by atoms with Crippen LogP contribution < -0.4 is 9.47 Å². The van der Waals surface area contributed by atoms with Crippen LogP contribution in [-0.2, 0) is 11.3 Å². The lowest BCUT2D eigenvalue weighted by molar-refractivity contribution is 0.00243. The molecule has 0 aliphatic carbocycles. The minimum atomic E-state index is -0.459. The van der Waals surface area contributed by atoms with Crippen LogP contribution in [0.15, 0.2) is 54.6 Å². The molecular formula is C29H40N4O4. The molecule has 0 radical (unpaired) electrons. The minimum Gasteiger partial charge on any atom is -0.497 e. The number of hydrogen-bond donors (Lipinski definition) is 1. The number of aliphatic hydroxyl groups excluding tert-OH is 1. The summed E-state index contributed by atoms with van der Waals surface area (Å²) in [4.78, 5) is 4.61. The molecule has 0 saturated carbocycles.